The van der Waals surface area contributed by atoms with Crippen LogP contribution in [0.15, 0.2) is 77.5 Å². The predicted molar refractivity (Wildman–Crippen MR) is 187 cm³/mol. The molecule has 5 heteroatoms. The van der Waals surface area contributed by atoms with Crippen LogP contribution in [0.2, 0.25) is 0 Å². The number of rotatable bonds is 3. The monoisotopic (exact) mass is 787 g/mol. The predicted octanol–water partition coefficient (Wildman–Crippen LogP) is 11.3. The van der Waals surface area contributed by atoms with Crippen molar-refractivity contribution < 1.29 is 24.5 Å². The fraction of sp³-hybridized carbons (Fsp3) is 0.250. The summed E-state index contributed by atoms with van der Waals surface area (Å²) in [6, 6.07) is 27.8. The van der Waals surface area contributed by atoms with Crippen LogP contribution in [0.1, 0.15) is 53.5 Å². The first-order valence-electron chi connectivity index (χ1n) is 15.1. The van der Waals surface area contributed by atoms with E-state index in [1.807, 2.05) is 24.5 Å². The summed E-state index contributed by atoms with van der Waals surface area (Å²) in [6.45, 7) is 17.3. The molecule has 3 aromatic carbocycles. The minimum Gasteiger partial charge on any atom is -0.499 e. The molecule has 3 nitrogen and oxygen atoms in total. The largest absolute Gasteiger partial charge is 0.499 e. The average Bonchev–Trinajstić information content (AvgIpc) is 3.55. The molecular formula is C40H38IrN2OS-2. The molecule has 7 aromatic rings. The van der Waals surface area contributed by atoms with Gasteiger partial charge in [-0.2, -0.15) is 0 Å². The van der Waals surface area contributed by atoms with Gasteiger partial charge in [-0.05, 0) is 73.5 Å². The Morgan fingerprint density at radius 2 is 1.49 bits per heavy atom. The van der Waals surface area contributed by atoms with Crippen LogP contribution in [0.25, 0.3) is 54.5 Å². The van der Waals surface area contributed by atoms with Crippen LogP contribution in [-0.4, -0.2) is 9.97 Å². The zero-order valence-electron chi connectivity index (χ0n) is 27.2. The minimum atomic E-state index is 0. The minimum absolute atomic E-state index is 0. The van der Waals surface area contributed by atoms with Gasteiger partial charge in [-0.3, -0.25) is 0 Å². The van der Waals surface area contributed by atoms with E-state index >= 15 is 0 Å². The van der Waals surface area contributed by atoms with Gasteiger partial charge >= 0.3 is 0 Å². The number of nitrogens with zero attached hydrogens (tertiary/aromatic N) is 2. The molecule has 0 aliphatic carbocycles. The molecule has 7 rings (SSSR count). The second-order valence-electron chi connectivity index (χ2n) is 13.1. The Morgan fingerprint density at radius 3 is 2.20 bits per heavy atom. The van der Waals surface area contributed by atoms with Crippen molar-refractivity contribution in [1.29, 1.82) is 0 Å². The van der Waals surface area contributed by atoms with Crippen molar-refractivity contribution in [3.8, 4) is 22.5 Å². The second-order valence-corrected chi connectivity index (χ2v) is 14.3. The second kappa shape index (κ2) is 13.0. The van der Waals surface area contributed by atoms with Gasteiger partial charge < -0.3 is 14.4 Å². The molecule has 0 N–H and O–H groups in total. The standard InChI is InChI=1S/C26H24NOS.C14H14N.Ir/c1-15-14-27-22(12-18(15)13-26(3,4)5)21-8-6-7-19-20-10-9-17-11-16(2)29-25(17)24(20)28-23(19)21;1-10-4-6-13(7-5-10)14-8-11(2)12(3)9-15-14;/h6-7,9-12,14H,13H2,1-5H3;4-6,8-9H,1-3H3;/q2*-1;. The maximum absolute atomic E-state index is 6.47. The number of aryl methyl sites for hydroxylation is 5. The summed E-state index contributed by atoms with van der Waals surface area (Å²) in [4.78, 5) is 10.4. The Morgan fingerprint density at radius 1 is 0.756 bits per heavy atom. The van der Waals surface area contributed by atoms with Crippen LogP contribution in [0.3, 0.4) is 0 Å². The summed E-state index contributed by atoms with van der Waals surface area (Å²) in [5.41, 5.74) is 12.3. The molecule has 0 unspecified atom stereocenters. The van der Waals surface area contributed by atoms with Gasteiger partial charge in [0.1, 0.15) is 5.58 Å². The molecule has 4 heterocycles. The van der Waals surface area contributed by atoms with E-state index in [0.717, 1.165) is 50.9 Å². The summed E-state index contributed by atoms with van der Waals surface area (Å²) in [5, 5.41) is 3.53. The molecule has 0 bridgehead atoms. The van der Waals surface area contributed by atoms with Crippen molar-refractivity contribution in [3.05, 3.63) is 118 Å². The summed E-state index contributed by atoms with van der Waals surface area (Å²) < 4.78 is 7.69. The first-order chi connectivity index (χ1) is 21.0. The molecule has 231 valence electrons. The number of hydrogen-bond donors (Lipinski definition) is 0. The van der Waals surface area contributed by atoms with E-state index in [-0.39, 0.29) is 25.5 Å². The number of aromatic nitrogens is 2. The van der Waals surface area contributed by atoms with Crippen LogP contribution in [0, 0.1) is 52.2 Å². The Bertz CT molecular complexity index is 2130. The normalized spacial score (nSPS) is 11.5. The first kappa shape index (κ1) is 32.8. The Balaban J connectivity index is 0.000000212. The smallest absolute Gasteiger partial charge is 0.138 e. The number of pyridine rings is 2. The third-order valence-corrected chi connectivity index (χ3v) is 9.08. The van der Waals surface area contributed by atoms with Crippen LogP contribution in [0.5, 0.6) is 0 Å². The topological polar surface area (TPSA) is 38.9 Å². The van der Waals surface area contributed by atoms with Gasteiger partial charge in [-0.1, -0.05) is 74.0 Å². The number of hydrogen-bond acceptors (Lipinski definition) is 4. The van der Waals surface area contributed by atoms with Gasteiger partial charge in [0, 0.05) is 42.8 Å². The molecule has 1 radical (unpaired) electrons. The molecule has 0 aliphatic heterocycles. The van der Waals surface area contributed by atoms with Crippen molar-refractivity contribution in [2.24, 2.45) is 5.41 Å². The molecule has 0 atom stereocenters. The van der Waals surface area contributed by atoms with Crippen molar-refractivity contribution in [2.45, 2.75) is 61.8 Å². The summed E-state index contributed by atoms with van der Waals surface area (Å²) >= 11 is 1.79. The molecule has 0 fully saturated rings. The molecule has 0 saturated heterocycles. The Kier molecular flexibility index (Phi) is 9.46. The van der Waals surface area contributed by atoms with Crippen molar-refractivity contribution in [1.82, 2.24) is 9.97 Å². The fourth-order valence-corrected chi connectivity index (χ4v) is 6.51. The van der Waals surface area contributed by atoms with Gasteiger partial charge in [0.25, 0.3) is 0 Å². The maximum Gasteiger partial charge on any atom is 0.138 e. The van der Waals surface area contributed by atoms with Gasteiger partial charge in [0.05, 0.1) is 10.3 Å². The summed E-state index contributed by atoms with van der Waals surface area (Å²) in [6.07, 6.45) is 4.91. The SMILES string of the molecule is Cc1c[c-]c(-c2cc(C)c(C)cn2)cc1.Cc1cc2ccc3c4cc[c-]c(-c5cc(CC(C)(C)C)c(C)cn5)c4oc3c2s1.[Ir]. The Hall–Kier alpha value is -3.63. The van der Waals surface area contributed by atoms with E-state index in [1.165, 1.54) is 42.8 Å². The molecule has 45 heavy (non-hydrogen) atoms. The fourth-order valence-electron chi connectivity index (χ4n) is 5.51. The van der Waals surface area contributed by atoms with E-state index in [9.17, 15) is 0 Å². The molecule has 0 saturated carbocycles. The van der Waals surface area contributed by atoms with Crippen LogP contribution < -0.4 is 0 Å². The molecule has 4 aromatic heterocycles. The number of benzene rings is 3. The average molecular weight is 787 g/mol. The van der Waals surface area contributed by atoms with Crippen LogP contribution in [-0.2, 0) is 26.5 Å². The van der Waals surface area contributed by atoms with Gasteiger partial charge in [-0.25, -0.2) is 0 Å². The van der Waals surface area contributed by atoms with Gasteiger partial charge in [-0.15, -0.1) is 64.9 Å². The van der Waals surface area contributed by atoms with Crippen LogP contribution >= 0.6 is 11.3 Å². The third-order valence-electron chi connectivity index (χ3n) is 8.02. The van der Waals surface area contributed by atoms with Crippen molar-refractivity contribution >= 4 is 43.4 Å². The van der Waals surface area contributed by atoms with Gasteiger partial charge in [0.15, 0.2) is 0 Å². The third kappa shape index (κ3) is 6.97. The van der Waals surface area contributed by atoms with Gasteiger partial charge in [0.2, 0.25) is 0 Å². The maximum atomic E-state index is 6.47. The number of fused-ring (bicyclic) bond motifs is 5. The number of furan rings is 1. The van der Waals surface area contributed by atoms with Crippen molar-refractivity contribution in [3.63, 3.8) is 0 Å². The van der Waals surface area contributed by atoms with E-state index in [1.54, 1.807) is 11.3 Å². The van der Waals surface area contributed by atoms with E-state index < -0.39 is 0 Å². The molecule has 0 amide bonds. The summed E-state index contributed by atoms with van der Waals surface area (Å²) in [7, 11) is 0. The van der Waals surface area contributed by atoms with E-state index in [2.05, 4.69) is 121 Å². The molecular weight excluding hydrogens is 749 g/mol. The molecule has 0 aliphatic rings. The molecule has 0 spiro atoms. The zero-order chi connectivity index (χ0) is 31.2. The zero-order valence-corrected chi connectivity index (χ0v) is 30.4. The quantitative estimate of drug-likeness (QED) is 0.168. The number of thiophene rings is 1. The van der Waals surface area contributed by atoms with E-state index in [0.29, 0.717) is 0 Å². The Labute approximate surface area is 284 Å². The summed E-state index contributed by atoms with van der Waals surface area (Å²) in [5.74, 6) is 0. The van der Waals surface area contributed by atoms with Crippen LogP contribution in [0.4, 0.5) is 0 Å². The van der Waals surface area contributed by atoms with E-state index in [4.69, 9.17) is 9.40 Å². The first-order valence-corrected chi connectivity index (χ1v) is 15.9. The van der Waals surface area contributed by atoms with Crippen molar-refractivity contribution in [2.75, 3.05) is 0 Å².